The molecule has 25 heavy (non-hydrogen) atoms. The molecule has 0 saturated heterocycles. The first-order valence-electron chi connectivity index (χ1n) is 7.64. The number of carbonyl (C=O) groups excluding carboxylic acids is 1. The fourth-order valence-electron chi connectivity index (χ4n) is 1.95. The minimum absolute atomic E-state index is 0.181. The van der Waals surface area contributed by atoms with E-state index in [1.807, 2.05) is 30.3 Å². The van der Waals surface area contributed by atoms with Crippen LogP contribution in [0.5, 0.6) is 11.5 Å². The number of hydrazone groups is 1. The van der Waals surface area contributed by atoms with Crippen molar-refractivity contribution in [1.82, 2.24) is 0 Å². The molecule has 2 rings (SSSR count). The van der Waals surface area contributed by atoms with Crippen LogP contribution in [0.25, 0.3) is 0 Å². The van der Waals surface area contributed by atoms with Crippen molar-refractivity contribution < 1.29 is 19.0 Å². The quantitative estimate of drug-likeness (QED) is 0.409. The molecule has 132 valence electrons. The van der Waals surface area contributed by atoms with Crippen LogP contribution in [-0.2, 0) is 9.53 Å². The smallest absolute Gasteiger partial charge is 0.344 e. The van der Waals surface area contributed by atoms with Crippen LogP contribution in [-0.4, -0.2) is 32.5 Å². The summed E-state index contributed by atoms with van der Waals surface area (Å²) in [4.78, 5) is 11.4. The number of hydrogen-bond donors (Lipinski definition) is 1. The third kappa shape index (κ3) is 5.79. The van der Waals surface area contributed by atoms with Gasteiger partial charge in [0.05, 0.1) is 25.6 Å². The first-order valence-corrected chi connectivity index (χ1v) is 8.43. The molecule has 0 bridgehead atoms. The van der Waals surface area contributed by atoms with Gasteiger partial charge < -0.3 is 14.2 Å². The fourth-order valence-corrected chi connectivity index (χ4v) is 2.38. The van der Waals surface area contributed by atoms with Crippen LogP contribution >= 0.6 is 15.9 Å². The van der Waals surface area contributed by atoms with Crippen LogP contribution in [0.2, 0.25) is 0 Å². The van der Waals surface area contributed by atoms with E-state index >= 15 is 0 Å². The summed E-state index contributed by atoms with van der Waals surface area (Å²) in [5.41, 5.74) is 4.62. The molecular weight excluding hydrogens is 388 g/mol. The highest BCUT2D eigenvalue weighted by atomic mass is 79.9. The van der Waals surface area contributed by atoms with Crippen LogP contribution < -0.4 is 14.9 Å². The van der Waals surface area contributed by atoms with E-state index < -0.39 is 5.97 Å². The van der Waals surface area contributed by atoms with Gasteiger partial charge in [-0.3, -0.25) is 5.43 Å². The van der Waals surface area contributed by atoms with E-state index in [-0.39, 0.29) is 6.61 Å². The van der Waals surface area contributed by atoms with Crippen molar-refractivity contribution in [3.63, 3.8) is 0 Å². The second-order valence-corrected chi connectivity index (χ2v) is 5.71. The van der Waals surface area contributed by atoms with Gasteiger partial charge in [-0.2, -0.15) is 5.10 Å². The third-order valence-electron chi connectivity index (χ3n) is 3.10. The van der Waals surface area contributed by atoms with Crippen molar-refractivity contribution >= 4 is 33.8 Å². The molecule has 0 aromatic heterocycles. The Balaban J connectivity index is 2.08. The second kappa shape index (κ2) is 9.68. The molecule has 0 aliphatic rings. The number of benzene rings is 2. The second-order valence-electron chi connectivity index (χ2n) is 4.85. The van der Waals surface area contributed by atoms with Crippen LogP contribution in [0.3, 0.4) is 0 Å². The number of para-hydroxylation sites is 1. The first kappa shape index (κ1) is 18.8. The highest BCUT2D eigenvalue weighted by molar-refractivity contribution is 9.10. The van der Waals surface area contributed by atoms with Crippen LogP contribution in [0.1, 0.15) is 12.5 Å². The first-order chi connectivity index (χ1) is 12.1. The highest BCUT2D eigenvalue weighted by Crippen LogP contribution is 2.33. The van der Waals surface area contributed by atoms with E-state index in [0.29, 0.717) is 18.1 Å². The lowest BCUT2D eigenvalue weighted by molar-refractivity contribution is -0.145. The van der Waals surface area contributed by atoms with Crippen LogP contribution in [0, 0.1) is 0 Å². The Hall–Kier alpha value is -2.54. The summed E-state index contributed by atoms with van der Waals surface area (Å²) >= 11 is 3.46. The van der Waals surface area contributed by atoms with Crippen molar-refractivity contribution in [3.8, 4) is 11.5 Å². The number of rotatable bonds is 8. The molecule has 0 heterocycles. The van der Waals surface area contributed by atoms with Gasteiger partial charge in [0.1, 0.15) is 0 Å². The van der Waals surface area contributed by atoms with Gasteiger partial charge in [-0.15, -0.1) is 0 Å². The lowest BCUT2D eigenvalue weighted by Gasteiger charge is -2.12. The monoisotopic (exact) mass is 406 g/mol. The van der Waals surface area contributed by atoms with E-state index in [9.17, 15) is 4.79 Å². The van der Waals surface area contributed by atoms with E-state index in [0.717, 1.165) is 15.7 Å². The number of ether oxygens (including phenoxy) is 3. The Morgan fingerprint density at radius 3 is 2.68 bits per heavy atom. The highest BCUT2D eigenvalue weighted by Gasteiger charge is 2.11. The number of halogens is 1. The van der Waals surface area contributed by atoms with Crippen molar-refractivity contribution in [1.29, 1.82) is 0 Å². The van der Waals surface area contributed by atoms with Crippen molar-refractivity contribution in [2.75, 3.05) is 25.7 Å². The van der Waals surface area contributed by atoms with Crippen LogP contribution in [0.4, 0.5) is 5.69 Å². The Kier molecular flexibility index (Phi) is 7.28. The summed E-state index contributed by atoms with van der Waals surface area (Å²) in [6.07, 6.45) is 1.66. The van der Waals surface area contributed by atoms with Crippen molar-refractivity contribution in [3.05, 3.63) is 52.5 Å². The Morgan fingerprint density at radius 2 is 2.00 bits per heavy atom. The van der Waals surface area contributed by atoms with Crippen molar-refractivity contribution in [2.45, 2.75) is 6.92 Å². The molecular formula is C18H19BrN2O4. The average molecular weight is 407 g/mol. The molecule has 0 radical (unpaired) electrons. The molecule has 2 aromatic rings. The van der Waals surface area contributed by atoms with Gasteiger partial charge in [0, 0.05) is 10.0 Å². The summed E-state index contributed by atoms with van der Waals surface area (Å²) in [7, 11) is 1.53. The van der Waals surface area contributed by atoms with Gasteiger partial charge in [0.2, 0.25) is 0 Å². The number of methoxy groups -OCH3 is 1. The van der Waals surface area contributed by atoms with E-state index in [1.54, 1.807) is 25.3 Å². The molecule has 2 aromatic carbocycles. The number of hydrogen-bond acceptors (Lipinski definition) is 6. The third-order valence-corrected chi connectivity index (χ3v) is 3.79. The van der Waals surface area contributed by atoms with E-state index in [4.69, 9.17) is 14.2 Å². The van der Waals surface area contributed by atoms with E-state index in [1.165, 1.54) is 7.11 Å². The minimum Gasteiger partial charge on any atom is -0.493 e. The maximum Gasteiger partial charge on any atom is 0.344 e. The number of nitrogens with one attached hydrogen (secondary N) is 1. The lowest BCUT2D eigenvalue weighted by atomic mass is 10.2. The molecule has 0 atom stereocenters. The Labute approximate surface area is 154 Å². The zero-order valence-corrected chi connectivity index (χ0v) is 15.6. The molecule has 0 unspecified atom stereocenters. The predicted molar refractivity (Wildman–Crippen MR) is 100 cm³/mol. The number of carbonyl (C=O) groups is 1. The average Bonchev–Trinajstić information content (AvgIpc) is 2.62. The van der Waals surface area contributed by atoms with E-state index in [2.05, 4.69) is 26.5 Å². The molecule has 1 N–H and O–H groups in total. The predicted octanol–water partition coefficient (Wildman–Crippen LogP) is 3.85. The summed E-state index contributed by atoms with van der Waals surface area (Å²) in [6.45, 7) is 1.87. The number of anilines is 1. The molecule has 0 amide bonds. The zero-order valence-electron chi connectivity index (χ0n) is 14.0. The van der Waals surface area contributed by atoms with Crippen LogP contribution in [0.15, 0.2) is 52.0 Å². The topological polar surface area (TPSA) is 69.2 Å². The van der Waals surface area contributed by atoms with Gasteiger partial charge in [-0.25, -0.2) is 4.79 Å². The molecule has 0 saturated carbocycles. The summed E-state index contributed by atoms with van der Waals surface area (Å²) < 4.78 is 16.4. The lowest BCUT2D eigenvalue weighted by Crippen LogP contribution is -2.15. The normalized spacial score (nSPS) is 10.5. The number of nitrogens with zero attached hydrogens (tertiary/aromatic N) is 1. The largest absolute Gasteiger partial charge is 0.493 e. The van der Waals surface area contributed by atoms with Gasteiger partial charge in [0.15, 0.2) is 18.1 Å². The van der Waals surface area contributed by atoms with Crippen molar-refractivity contribution in [2.24, 2.45) is 5.10 Å². The maximum absolute atomic E-state index is 11.4. The standard InChI is InChI=1S/C18H19BrN2O4/c1-3-24-18(22)12-25-17-10-15(19)13(9-16(17)23-2)11-20-21-14-7-5-4-6-8-14/h4-11,21H,3,12H2,1-2H3/b20-11+. The van der Waals surface area contributed by atoms with Gasteiger partial charge in [-0.1, -0.05) is 18.2 Å². The van der Waals surface area contributed by atoms with Gasteiger partial charge >= 0.3 is 5.97 Å². The maximum atomic E-state index is 11.4. The van der Waals surface area contributed by atoms with Gasteiger partial charge in [0.25, 0.3) is 0 Å². The Morgan fingerprint density at radius 1 is 1.24 bits per heavy atom. The summed E-state index contributed by atoms with van der Waals surface area (Å²) in [5.74, 6) is 0.502. The summed E-state index contributed by atoms with van der Waals surface area (Å²) in [6, 6.07) is 13.1. The fraction of sp³-hybridized carbons (Fsp3) is 0.222. The molecule has 0 fully saturated rings. The molecule has 6 nitrogen and oxygen atoms in total. The number of esters is 1. The summed E-state index contributed by atoms with van der Waals surface area (Å²) in [5, 5.41) is 4.20. The molecule has 0 aliphatic carbocycles. The zero-order chi connectivity index (χ0) is 18.1. The Bertz CT molecular complexity index is 735. The van der Waals surface area contributed by atoms with Gasteiger partial charge in [-0.05, 0) is 47.1 Å². The molecule has 0 spiro atoms. The molecule has 0 aliphatic heterocycles. The SMILES string of the molecule is CCOC(=O)COc1cc(Br)c(/C=N/Nc2ccccc2)cc1OC. The molecule has 7 heteroatoms. The minimum atomic E-state index is -0.432.